The second-order valence-corrected chi connectivity index (χ2v) is 6.08. The number of amides is 2. The molecule has 0 saturated carbocycles. The zero-order chi connectivity index (χ0) is 19.1. The number of likely N-dealkylation sites (N-methyl/N-ethyl adjacent to an activating group) is 1. The Labute approximate surface area is 152 Å². The normalized spacial score (nSPS) is 10.5. The number of rotatable bonds is 7. The second-order valence-electron chi connectivity index (χ2n) is 6.08. The standard InChI is InChI=1S/C19H22N4O3/c1-13(24)14-4-6-16(7-5-14)22-18(25)15-8-9-20-17(12-15)19(26)21-10-11-23(2)3/h4-9,12H,10-11H2,1-3H3,(H,21,26)(H,22,25). The number of aromatic nitrogens is 1. The van der Waals surface area contributed by atoms with E-state index in [0.29, 0.717) is 29.9 Å². The van der Waals surface area contributed by atoms with Gasteiger partial charge in [-0.25, -0.2) is 0 Å². The minimum Gasteiger partial charge on any atom is -0.349 e. The Morgan fingerprint density at radius 1 is 1.00 bits per heavy atom. The molecule has 0 aliphatic rings. The van der Waals surface area contributed by atoms with Gasteiger partial charge in [0.05, 0.1) is 0 Å². The summed E-state index contributed by atoms with van der Waals surface area (Å²) in [6, 6.07) is 9.59. The van der Waals surface area contributed by atoms with Crippen molar-refractivity contribution >= 4 is 23.3 Å². The number of hydrogen-bond acceptors (Lipinski definition) is 5. The topological polar surface area (TPSA) is 91.4 Å². The highest BCUT2D eigenvalue weighted by molar-refractivity contribution is 6.06. The number of carbonyl (C=O) groups is 3. The molecule has 0 fully saturated rings. The van der Waals surface area contributed by atoms with Crippen LogP contribution in [0.25, 0.3) is 0 Å². The van der Waals surface area contributed by atoms with Crippen LogP contribution in [0.15, 0.2) is 42.6 Å². The molecule has 0 spiro atoms. The first kappa shape index (κ1) is 19.3. The lowest BCUT2D eigenvalue weighted by atomic mass is 10.1. The number of pyridine rings is 1. The molecule has 1 aromatic heterocycles. The summed E-state index contributed by atoms with van der Waals surface area (Å²) >= 11 is 0. The molecule has 2 amide bonds. The van der Waals surface area contributed by atoms with Gasteiger partial charge >= 0.3 is 0 Å². The van der Waals surface area contributed by atoms with Crippen LogP contribution in [-0.4, -0.2) is 54.7 Å². The van der Waals surface area contributed by atoms with Crippen LogP contribution in [0.1, 0.15) is 38.1 Å². The van der Waals surface area contributed by atoms with Gasteiger partial charge in [0, 0.05) is 36.1 Å². The minimum absolute atomic E-state index is 0.0399. The average Bonchev–Trinajstić information content (AvgIpc) is 2.62. The number of ketones is 1. The van der Waals surface area contributed by atoms with Crippen LogP contribution in [0.4, 0.5) is 5.69 Å². The highest BCUT2D eigenvalue weighted by Crippen LogP contribution is 2.12. The third kappa shape index (κ3) is 5.49. The number of nitrogens with one attached hydrogen (secondary N) is 2. The van der Waals surface area contributed by atoms with E-state index in [-0.39, 0.29) is 23.3 Å². The van der Waals surface area contributed by atoms with Crippen molar-refractivity contribution in [2.75, 3.05) is 32.5 Å². The molecular weight excluding hydrogens is 332 g/mol. The van der Waals surface area contributed by atoms with Gasteiger partial charge in [-0.2, -0.15) is 0 Å². The summed E-state index contributed by atoms with van der Waals surface area (Å²) in [5.74, 6) is -0.723. The molecule has 0 radical (unpaired) electrons. The highest BCUT2D eigenvalue weighted by atomic mass is 16.2. The van der Waals surface area contributed by atoms with E-state index in [4.69, 9.17) is 0 Å². The first-order valence-electron chi connectivity index (χ1n) is 8.18. The summed E-state index contributed by atoms with van der Waals surface area (Å²) in [6.07, 6.45) is 1.43. The lowest BCUT2D eigenvalue weighted by molar-refractivity contribution is 0.0945. The Morgan fingerprint density at radius 3 is 2.31 bits per heavy atom. The van der Waals surface area contributed by atoms with E-state index in [2.05, 4.69) is 15.6 Å². The molecular formula is C19H22N4O3. The van der Waals surface area contributed by atoms with Gasteiger partial charge in [-0.1, -0.05) is 0 Å². The molecule has 2 aromatic rings. The first-order valence-corrected chi connectivity index (χ1v) is 8.18. The van der Waals surface area contributed by atoms with Crippen LogP contribution < -0.4 is 10.6 Å². The molecule has 2 N–H and O–H groups in total. The molecule has 0 atom stereocenters. The van der Waals surface area contributed by atoms with E-state index in [1.165, 1.54) is 25.3 Å². The lowest BCUT2D eigenvalue weighted by Gasteiger charge is -2.10. The fraction of sp³-hybridized carbons (Fsp3) is 0.263. The van der Waals surface area contributed by atoms with E-state index in [0.717, 1.165) is 0 Å². The van der Waals surface area contributed by atoms with Gasteiger partial charge < -0.3 is 15.5 Å². The Kier molecular flexibility index (Phi) is 6.57. The van der Waals surface area contributed by atoms with E-state index < -0.39 is 0 Å². The fourth-order valence-corrected chi connectivity index (χ4v) is 2.17. The predicted molar refractivity (Wildman–Crippen MR) is 99.5 cm³/mol. The van der Waals surface area contributed by atoms with Crippen molar-refractivity contribution in [2.24, 2.45) is 0 Å². The molecule has 0 aliphatic carbocycles. The van der Waals surface area contributed by atoms with Gasteiger partial charge in [-0.3, -0.25) is 19.4 Å². The molecule has 26 heavy (non-hydrogen) atoms. The summed E-state index contributed by atoms with van der Waals surface area (Å²) < 4.78 is 0. The van der Waals surface area contributed by atoms with Gasteiger partial charge in [-0.15, -0.1) is 0 Å². The Morgan fingerprint density at radius 2 is 1.69 bits per heavy atom. The SMILES string of the molecule is CC(=O)c1ccc(NC(=O)c2ccnc(C(=O)NCCN(C)C)c2)cc1. The van der Waals surface area contributed by atoms with Gasteiger partial charge in [0.1, 0.15) is 5.69 Å². The summed E-state index contributed by atoms with van der Waals surface area (Å²) in [7, 11) is 3.83. The summed E-state index contributed by atoms with van der Waals surface area (Å²) in [5.41, 5.74) is 1.65. The number of Topliss-reactive ketones (excluding diaryl/α,β-unsaturated/α-hetero) is 1. The van der Waals surface area contributed by atoms with E-state index >= 15 is 0 Å². The quantitative estimate of drug-likeness (QED) is 0.740. The maximum absolute atomic E-state index is 12.4. The molecule has 7 heteroatoms. The van der Waals surface area contributed by atoms with Crippen LogP contribution in [0.3, 0.4) is 0 Å². The van der Waals surface area contributed by atoms with E-state index in [1.807, 2.05) is 19.0 Å². The molecule has 0 unspecified atom stereocenters. The predicted octanol–water partition coefficient (Wildman–Crippen LogP) is 1.83. The average molecular weight is 354 g/mol. The van der Waals surface area contributed by atoms with E-state index in [9.17, 15) is 14.4 Å². The molecule has 136 valence electrons. The number of hydrogen-bond donors (Lipinski definition) is 2. The fourth-order valence-electron chi connectivity index (χ4n) is 2.17. The van der Waals surface area contributed by atoms with Gasteiger partial charge in [0.25, 0.3) is 11.8 Å². The molecule has 0 bridgehead atoms. The molecule has 1 heterocycles. The van der Waals surface area contributed by atoms with Crippen molar-refractivity contribution < 1.29 is 14.4 Å². The zero-order valence-corrected chi connectivity index (χ0v) is 15.1. The number of carbonyl (C=O) groups excluding carboxylic acids is 3. The summed E-state index contributed by atoms with van der Waals surface area (Å²) in [6.45, 7) is 2.68. The van der Waals surface area contributed by atoms with Gasteiger partial charge in [-0.05, 0) is 57.4 Å². The van der Waals surface area contributed by atoms with Crippen molar-refractivity contribution in [3.05, 3.63) is 59.4 Å². The highest BCUT2D eigenvalue weighted by Gasteiger charge is 2.12. The largest absolute Gasteiger partial charge is 0.349 e. The molecule has 0 saturated heterocycles. The van der Waals surface area contributed by atoms with Crippen molar-refractivity contribution in [2.45, 2.75) is 6.92 Å². The van der Waals surface area contributed by atoms with Crippen molar-refractivity contribution in [3.63, 3.8) is 0 Å². The molecule has 2 rings (SSSR count). The number of nitrogens with zero attached hydrogens (tertiary/aromatic N) is 2. The van der Waals surface area contributed by atoms with Crippen LogP contribution >= 0.6 is 0 Å². The lowest BCUT2D eigenvalue weighted by Crippen LogP contribution is -2.32. The maximum Gasteiger partial charge on any atom is 0.269 e. The van der Waals surface area contributed by atoms with Crippen LogP contribution in [0.5, 0.6) is 0 Å². The molecule has 7 nitrogen and oxygen atoms in total. The Bertz CT molecular complexity index is 801. The van der Waals surface area contributed by atoms with Gasteiger partial charge in [0.2, 0.25) is 0 Å². The van der Waals surface area contributed by atoms with Crippen LogP contribution in [0, 0.1) is 0 Å². The molecule has 0 aliphatic heterocycles. The number of anilines is 1. The zero-order valence-electron chi connectivity index (χ0n) is 15.1. The third-order valence-corrected chi connectivity index (χ3v) is 3.65. The van der Waals surface area contributed by atoms with Gasteiger partial charge in [0.15, 0.2) is 5.78 Å². The van der Waals surface area contributed by atoms with Crippen LogP contribution in [0.2, 0.25) is 0 Å². The second kappa shape index (κ2) is 8.87. The maximum atomic E-state index is 12.4. The van der Waals surface area contributed by atoms with E-state index in [1.54, 1.807) is 24.3 Å². The minimum atomic E-state index is -0.356. The summed E-state index contributed by atoms with van der Waals surface area (Å²) in [5, 5.41) is 5.49. The molecule has 1 aromatic carbocycles. The number of benzene rings is 1. The third-order valence-electron chi connectivity index (χ3n) is 3.65. The summed E-state index contributed by atoms with van der Waals surface area (Å²) in [4.78, 5) is 41.7. The van der Waals surface area contributed by atoms with Crippen molar-refractivity contribution in [3.8, 4) is 0 Å². The monoisotopic (exact) mass is 354 g/mol. The van der Waals surface area contributed by atoms with Crippen LogP contribution in [-0.2, 0) is 0 Å². The van der Waals surface area contributed by atoms with Crippen molar-refractivity contribution in [1.29, 1.82) is 0 Å². The van der Waals surface area contributed by atoms with Crippen molar-refractivity contribution in [1.82, 2.24) is 15.2 Å². The first-order chi connectivity index (χ1) is 12.4. The Hall–Kier alpha value is -3.06. The Balaban J connectivity index is 2.03. The smallest absolute Gasteiger partial charge is 0.269 e.